The third-order valence-corrected chi connectivity index (χ3v) is 17.0. The Hall–Kier alpha value is -4.31. The number of unbranched alkanes of at least 4 members (excludes halogenated alkanes) is 2. The number of phenols is 1. The Bertz CT molecular complexity index is 1880. The number of aliphatic carboxylic acids is 1. The summed E-state index contributed by atoms with van der Waals surface area (Å²) in [5.41, 5.74) is 6.15. The Morgan fingerprint density at radius 3 is 2.11 bits per heavy atom. The van der Waals surface area contributed by atoms with Gasteiger partial charge in [0.15, 0.2) is 0 Å². The molecule has 2 aliphatic heterocycles. The number of carboxylic acid groups (broad SMARTS) is 1. The van der Waals surface area contributed by atoms with Gasteiger partial charge in [-0.3, -0.25) is 19.3 Å². The molecule has 0 bridgehead atoms. The first-order valence-corrected chi connectivity index (χ1v) is 21.8. The molecule has 2 fully saturated rings. The summed E-state index contributed by atoms with van der Waals surface area (Å²) in [6, 6.07) is 25.1. The molecule has 3 aromatic rings. The van der Waals surface area contributed by atoms with Crippen molar-refractivity contribution in [1.82, 2.24) is 4.90 Å². The zero-order valence-corrected chi connectivity index (χ0v) is 34.3. The van der Waals surface area contributed by atoms with E-state index in [4.69, 9.17) is 14.3 Å². The number of amides is 2. The number of carbonyl (C=O) groups is 3. The van der Waals surface area contributed by atoms with Crippen LogP contribution in [-0.2, 0) is 23.5 Å². The molecule has 292 valence electrons. The van der Waals surface area contributed by atoms with Crippen LogP contribution >= 0.6 is 0 Å². The van der Waals surface area contributed by atoms with E-state index in [1.54, 1.807) is 0 Å². The number of phenolic OH excluding ortho intramolecular Hbond substituents is 1. The summed E-state index contributed by atoms with van der Waals surface area (Å²) < 4.78 is 14.1. The van der Waals surface area contributed by atoms with Gasteiger partial charge in [0.2, 0.25) is 11.8 Å². The standard InChI is InChI=1S/C46H57NO7Si/c1-30(24-33-25-31(2)43(50)32(3)26-33)21-22-39-41-34(28-54-55(46(4,5)6,35-16-10-7-11-17-35)36-18-12-8-13-19-36)27-37-42(38(41)29-53-39)45(52)47(44(37)51)23-15-9-14-20-40(48)49/h7-8,10-13,16-19,24-26,37-39,42,50H,9,14-15,20-23,27-29H2,1-6H3,(H,48,49)/b30-24+/t37-,38+,39-,42-/m1/s1. The fourth-order valence-corrected chi connectivity index (χ4v) is 13.9. The maximum Gasteiger partial charge on any atom is 0.303 e. The minimum Gasteiger partial charge on any atom is -0.507 e. The van der Waals surface area contributed by atoms with Crippen LogP contribution in [0.15, 0.2) is 89.5 Å². The summed E-state index contributed by atoms with van der Waals surface area (Å²) >= 11 is 0. The Morgan fingerprint density at radius 1 is 0.909 bits per heavy atom. The molecule has 0 radical (unpaired) electrons. The van der Waals surface area contributed by atoms with Gasteiger partial charge in [0.05, 0.1) is 31.2 Å². The van der Waals surface area contributed by atoms with Crippen molar-refractivity contribution >= 4 is 42.6 Å². The summed E-state index contributed by atoms with van der Waals surface area (Å²) in [6.45, 7) is 13.8. The lowest BCUT2D eigenvalue weighted by atomic mass is 9.69. The van der Waals surface area contributed by atoms with Gasteiger partial charge < -0.3 is 19.4 Å². The van der Waals surface area contributed by atoms with E-state index in [2.05, 4.69) is 82.3 Å². The fraction of sp³-hybridized carbons (Fsp3) is 0.457. The summed E-state index contributed by atoms with van der Waals surface area (Å²) in [6.07, 6.45) is 5.77. The second-order valence-electron chi connectivity index (χ2n) is 16.8. The van der Waals surface area contributed by atoms with Gasteiger partial charge in [-0.15, -0.1) is 0 Å². The molecule has 2 heterocycles. The van der Waals surface area contributed by atoms with Crippen molar-refractivity contribution in [1.29, 1.82) is 0 Å². The fourth-order valence-electron chi connectivity index (χ4n) is 9.36. The van der Waals surface area contributed by atoms with Gasteiger partial charge in [-0.2, -0.15) is 0 Å². The number of carboxylic acids is 1. The lowest BCUT2D eigenvalue weighted by Crippen LogP contribution is -2.66. The molecule has 3 aliphatic rings. The van der Waals surface area contributed by atoms with Crippen molar-refractivity contribution in [3.8, 4) is 5.75 Å². The highest BCUT2D eigenvalue weighted by Gasteiger charge is 2.57. The van der Waals surface area contributed by atoms with Crippen molar-refractivity contribution in [3.05, 3.63) is 106 Å². The van der Waals surface area contributed by atoms with E-state index in [1.807, 2.05) is 38.1 Å². The lowest BCUT2D eigenvalue weighted by molar-refractivity contribution is -0.141. The minimum atomic E-state index is -2.91. The predicted molar refractivity (Wildman–Crippen MR) is 219 cm³/mol. The molecule has 0 saturated carbocycles. The van der Waals surface area contributed by atoms with Crippen LogP contribution in [0.1, 0.15) is 89.3 Å². The molecular formula is C46H57NO7Si. The largest absolute Gasteiger partial charge is 0.507 e. The van der Waals surface area contributed by atoms with Crippen molar-refractivity contribution in [3.63, 3.8) is 0 Å². The van der Waals surface area contributed by atoms with Crippen LogP contribution in [0.25, 0.3) is 6.08 Å². The average Bonchev–Trinajstić information content (AvgIpc) is 3.67. The normalized spacial score (nSPS) is 21.6. The van der Waals surface area contributed by atoms with Gasteiger partial charge >= 0.3 is 5.97 Å². The molecule has 0 aromatic heterocycles. The number of benzene rings is 3. The van der Waals surface area contributed by atoms with E-state index in [9.17, 15) is 19.5 Å². The minimum absolute atomic E-state index is 0.0821. The number of hydrogen-bond acceptors (Lipinski definition) is 6. The predicted octanol–water partition coefficient (Wildman–Crippen LogP) is 7.73. The molecular weight excluding hydrogens is 707 g/mol. The molecule has 2 N–H and O–H groups in total. The smallest absolute Gasteiger partial charge is 0.303 e. The number of ether oxygens (including phenoxy) is 1. The highest BCUT2D eigenvalue weighted by Crippen LogP contribution is 2.50. The molecule has 3 aromatic carbocycles. The van der Waals surface area contributed by atoms with E-state index >= 15 is 0 Å². The van der Waals surface area contributed by atoms with E-state index in [0.717, 1.165) is 40.7 Å². The van der Waals surface area contributed by atoms with Crippen LogP contribution in [0, 0.1) is 31.6 Å². The summed E-state index contributed by atoms with van der Waals surface area (Å²) in [7, 11) is -2.91. The number of imide groups is 1. The Kier molecular flexibility index (Phi) is 12.3. The topological polar surface area (TPSA) is 113 Å². The molecule has 0 unspecified atom stereocenters. The third kappa shape index (κ3) is 8.30. The monoisotopic (exact) mass is 763 g/mol. The maximum atomic E-state index is 14.1. The number of aromatic hydroxyl groups is 1. The number of carbonyl (C=O) groups excluding carboxylic acids is 2. The molecule has 2 saturated heterocycles. The van der Waals surface area contributed by atoms with Crippen LogP contribution in [-0.4, -0.2) is 67.1 Å². The first-order chi connectivity index (χ1) is 26.2. The van der Waals surface area contributed by atoms with Gasteiger partial charge in [-0.05, 0) is 108 Å². The van der Waals surface area contributed by atoms with Crippen molar-refractivity contribution in [2.75, 3.05) is 19.8 Å². The highest BCUT2D eigenvalue weighted by molar-refractivity contribution is 6.99. The summed E-state index contributed by atoms with van der Waals surface area (Å²) in [5.74, 6) is -1.91. The van der Waals surface area contributed by atoms with Crippen LogP contribution in [0.2, 0.25) is 5.04 Å². The molecule has 9 heteroatoms. The molecule has 6 rings (SSSR count). The van der Waals surface area contributed by atoms with Crippen LogP contribution in [0.4, 0.5) is 0 Å². The van der Waals surface area contributed by atoms with Gasteiger partial charge in [-0.1, -0.05) is 99.5 Å². The van der Waals surface area contributed by atoms with Crippen LogP contribution in [0.5, 0.6) is 5.75 Å². The number of aryl methyl sites for hydroxylation is 2. The van der Waals surface area contributed by atoms with E-state index in [1.165, 1.54) is 20.8 Å². The molecule has 1 aliphatic carbocycles. The molecule has 4 atom stereocenters. The number of likely N-dealkylation sites (tertiary alicyclic amines) is 1. The lowest BCUT2D eigenvalue weighted by Gasteiger charge is -2.44. The Labute approximate surface area is 327 Å². The third-order valence-electron chi connectivity index (χ3n) is 12.0. The molecule has 8 nitrogen and oxygen atoms in total. The second-order valence-corrected chi connectivity index (χ2v) is 21.1. The Balaban J connectivity index is 1.33. The first kappa shape index (κ1) is 40.4. The number of rotatable bonds is 15. The van der Waals surface area contributed by atoms with E-state index in [0.29, 0.717) is 51.2 Å². The molecule has 2 amide bonds. The highest BCUT2D eigenvalue weighted by atomic mass is 28.4. The summed E-state index contributed by atoms with van der Waals surface area (Å²) in [5, 5.41) is 21.5. The SMILES string of the molecule is C/C(=C\c1cc(C)c(O)c(C)c1)CC[C@H]1OC[C@H]2C1=C(CO[Si](c1ccccc1)(c1ccccc1)C(C)(C)C)C[C@H]1C(=O)N(CCCCCC(=O)O)C(=O)[C@H]12. The zero-order chi connectivity index (χ0) is 39.5. The number of fused-ring (bicyclic) bond motifs is 3. The average molecular weight is 764 g/mol. The summed E-state index contributed by atoms with van der Waals surface area (Å²) in [4.78, 5) is 40.7. The van der Waals surface area contributed by atoms with Crippen molar-refractivity contribution < 1.29 is 33.8 Å². The van der Waals surface area contributed by atoms with Crippen molar-refractivity contribution in [2.45, 2.75) is 97.6 Å². The van der Waals surface area contributed by atoms with E-state index < -0.39 is 26.1 Å². The van der Waals surface area contributed by atoms with E-state index in [-0.39, 0.29) is 35.3 Å². The quantitative estimate of drug-likeness (QED) is 0.0706. The number of nitrogens with zero attached hydrogens (tertiary/aromatic N) is 1. The number of allylic oxidation sites excluding steroid dienone is 1. The van der Waals surface area contributed by atoms with Gasteiger partial charge in [0.25, 0.3) is 8.32 Å². The van der Waals surface area contributed by atoms with Crippen LogP contribution in [0.3, 0.4) is 0 Å². The first-order valence-electron chi connectivity index (χ1n) is 19.9. The zero-order valence-electron chi connectivity index (χ0n) is 33.3. The molecule has 0 spiro atoms. The second kappa shape index (κ2) is 16.8. The van der Waals surface area contributed by atoms with Crippen molar-refractivity contribution in [2.24, 2.45) is 17.8 Å². The maximum absolute atomic E-state index is 14.1. The van der Waals surface area contributed by atoms with Gasteiger partial charge in [0.1, 0.15) is 5.75 Å². The number of hydrogen-bond donors (Lipinski definition) is 2. The van der Waals surface area contributed by atoms with Crippen LogP contribution < -0.4 is 10.4 Å². The van der Waals surface area contributed by atoms with Gasteiger partial charge in [0, 0.05) is 18.9 Å². The van der Waals surface area contributed by atoms with Gasteiger partial charge in [-0.25, -0.2) is 0 Å². The Morgan fingerprint density at radius 2 is 1.53 bits per heavy atom. The molecule has 55 heavy (non-hydrogen) atoms.